The van der Waals surface area contributed by atoms with Crippen LogP contribution in [-0.2, 0) is 11.0 Å². The van der Waals surface area contributed by atoms with Crippen molar-refractivity contribution in [2.45, 2.75) is 19.1 Å². The number of anilines is 2. The largest absolute Gasteiger partial charge is 0.416 e. The molecule has 3 aromatic rings. The maximum atomic E-state index is 13.3. The Labute approximate surface area is 179 Å². The third-order valence-electron chi connectivity index (χ3n) is 5.20. The number of nitrogens with one attached hydrogen (secondary N) is 1. The summed E-state index contributed by atoms with van der Waals surface area (Å²) in [5, 5.41) is 15.3. The Bertz CT molecular complexity index is 1350. The van der Waals surface area contributed by atoms with Crippen LogP contribution in [0.2, 0.25) is 0 Å². The summed E-state index contributed by atoms with van der Waals surface area (Å²) in [6.45, 7) is 1.51. The van der Waals surface area contributed by atoms with E-state index in [4.69, 9.17) is 11.0 Å². The molecule has 32 heavy (non-hydrogen) atoms. The van der Waals surface area contributed by atoms with Crippen LogP contribution in [0.4, 0.5) is 24.8 Å². The number of carbonyl (C=O) groups excluding carboxylic acids is 1. The van der Waals surface area contributed by atoms with Crippen LogP contribution in [0.3, 0.4) is 0 Å². The number of hydrogen-bond donors (Lipinski definition) is 2. The minimum absolute atomic E-state index is 0.00289. The summed E-state index contributed by atoms with van der Waals surface area (Å²) < 4.78 is 41.0. The molecule has 0 bridgehead atoms. The molecule has 0 fully saturated rings. The van der Waals surface area contributed by atoms with E-state index in [0.717, 1.165) is 16.7 Å². The molecule has 1 aliphatic rings. The van der Waals surface area contributed by atoms with E-state index in [9.17, 15) is 22.8 Å². The predicted octanol–water partition coefficient (Wildman–Crippen LogP) is 2.96. The quantitative estimate of drug-likeness (QED) is 0.649. The predicted molar refractivity (Wildman–Crippen MR) is 108 cm³/mol. The fraction of sp³-hybridized carbons (Fsp3) is 0.143. The lowest BCUT2D eigenvalue weighted by Gasteiger charge is -2.35. The van der Waals surface area contributed by atoms with Crippen molar-refractivity contribution in [3.8, 4) is 6.07 Å². The Morgan fingerprint density at radius 2 is 1.91 bits per heavy atom. The molecule has 0 saturated heterocycles. The third-order valence-corrected chi connectivity index (χ3v) is 5.20. The zero-order valence-electron chi connectivity index (χ0n) is 16.5. The number of nitrogens with zero attached hydrogens (tertiary/aromatic N) is 4. The number of alkyl halides is 3. The van der Waals surface area contributed by atoms with Crippen molar-refractivity contribution in [2.24, 2.45) is 5.73 Å². The second kappa shape index (κ2) is 7.42. The Kier molecular flexibility index (Phi) is 4.85. The van der Waals surface area contributed by atoms with Crippen molar-refractivity contribution in [3.63, 3.8) is 0 Å². The molecule has 2 aromatic carbocycles. The van der Waals surface area contributed by atoms with Gasteiger partial charge in [-0.2, -0.15) is 18.4 Å². The summed E-state index contributed by atoms with van der Waals surface area (Å²) in [6.07, 6.45) is -4.59. The molecule has 1 aliphatic heterocycles. The molecule has 1 amide bonds. The summed E-state index contributed by atoms with van der Waals surface area (Å²) in [4.78, 5) is 26.4. The molecule has 0 spiro atoms. The molecule has 0 radical (unpaired) electrons. The molecular weight excluding hydrogens is 425 g/mol. The first kappa shape index (κ1) is 20.9. The Hall–Kier alpha value is -4.33. The van der Waals surface area contributed by atoms with Gasteiger partial charge in [0, 0.05) is 11.4 Å². The van der Waals surface area contributed by atoms with Gasteiger partial charge in [0.2, 0.25) is 11.9 Å². The third kappa shape index (κ3) is 3.31. The van der Waals surface area contributed by atoms with Crippen LogP contribution >= 0.6 is 0 Å². The van der Waals surface area contributed by atoms with Crippen LogP contribution in [0, 0.1) is 11.3 Å². The number of rotatable bonds is 3. The van der Waals surface area contributed by atoms with Crippen LogP contribution < -0.4 is 16.3 Å². The summed E-state index contributed by atoms with van der Waals surface area (Å²) in [5.41, 5.74) is 5.19. The van der Waals surface area contributed by atoms with Gasteiger partial charge in [0.05, 0.1) is 28.8 Å². The molecule has 162 valence electrons. The fourth-order valence-corrected chi connectivity index (χ4v) is 3.78. The first-order valence-corrected chi connectivity index (χ1v) is 9.28. The number of halogens is 3. The van der Waals surface area contributed by atoms with Crippen molar-refractivity contribution in [1.82, 2.24) is 14.8 Å². The summed E-state index contributed by atoms with van der Waals surface area (Å²) in [5.74, 6) is -0.862. The van der Waals surface area contributed by atoms with E-state index >= 15 is 0 Å². The fourth-order valence-electron chi connectivity index (χ4n) is 3.78. The van der Waals surface area contributed by atoms with Crippen molar-refractivity contribution in [1.29, 1.82) is 5.26 Å². The second-order valence-corrected chi connectivity index (χ2v) is 7.08. The van der Waals surface area contributed by atoms with E-state index < -0.39 is 29.4 Å². The van der Waals surface area contributed by atoms with Crippen LogP contribution in [0.25, 0.3) is 0 Å². The molecule has 4 rings (SSSR count). The molecule has 2 heterocycles. The Morgan fingerprint density at radius 1 is 1.22 bits per heavy atom. The number of amides is 1. The molecule has 0 unspecified atom stereocenters. The maximum absolute atomic E-state index is 13.3. The van der Waals surface area contributed by atoms with Crippen LogP contribution in [0.1, 0.15) is 29.7 Å². The molecular formula is C21H15F3N6O2. The minimum Gasteiger partial charge on any atom is -0.366 e. The SMILES string of the molecule is CC1=C(C(N)=O)[C@@H](c2ccc(C#N)cc2)n2c(n[nH]c2=O)N1c1cccc(C(F)(F)F)c1. The van der Waals surface area contributed by atoms with Gasteiger partial charge in [-0.25, -0.2) is 14.5 Å². The topological polar surface area (TPSA) is 121 Å². The number of primary amides is 1. The number of H-pyrrole nitrogens is 1. The molecule has 1 atom stereocenters. The number of nitriles is 1. The number of nitrogens with two attached hydrogens (primary N) is 1. The van der Waals surface area contributed by atoms with E-state index in [1.54, 1.807) is 12.1 Å². The van der Waals surface area contributed by atoms with Crippen LogP contribution in [0.5, 0.6) is 0 Å². The molecule has 11 heteroatoms. The molecule has 1 aromatic heterocycles. The zero-order chi connectivity index (χ0) is 23.2. The van der Waals surface area contributed by atoms with Gasteiger partial charge >= 0.3 is 11.9 Å². The Morgan fingerprint density at radius 3 is 2.50 bits per heavy atom. The first-order chi connectivity index (χ1) is 15.1. The number of allylic oxidation sites excluding steroid dienone is 1. The van der Waals surface area contributed by atoms with Gasteiger partial charge in [0.15, 0.2) is 0 Å². The van der Waals surface area contributed by atoms with Crippen molar-refractivity contribution in [3.05, 3.63) is 87.0 Å². The summed E-state index contributed by atoms with van der Waals surface area (Å²) >= 11 is 0. The van der Waals surface area contributed by atoms with Crippen molar-refractivity contribution < 1.29 is 18.0 Å². The molecule has 8 nitrogen and oxygen atoms in total. The van der Waals surface area contributed by atoms with Gasteiger partial charge < -0.3 is 5.73 Å². The van der Waals surface area contributed by atoms with E-state index in [-0.39, 0.29) is 22.9 Å². The highest BCUT2D eigenvalue weighted by molar-refractivity contribution is 5.96. The number of fused-ring (bicyclic) bond motifs is 1. The number of benzene rings is 2. The average molecular weight is 440 g/mol. The van der Waals surface area contributed by atoms with Gasteiger partial charge in [0.25, 0.3) is 0 Å². The highest BCUT2D eigenvalue weighted by atomic mass is 19.4. The zero-order valence-corrected chi connectivity index (χ0v) is 16.5. The van der Waals surface area contributed by atoms with Crippen molar-refractivity contribution >= 4 is 17.5 Å². The number of aromatic amines is 1. The van der Waals surface area contributed by atoms with Gasteiger partial charge in [-0.05, 0) is 42.8 Å². The smallest absolute Gasteiger partial charge is 0.366 e. The van der Waals surface area contributed by atoms with Crippen LogP contribution in [0.15, 0.2) is 64.6 Å². The van der Waals surface area contributed by atoms with E-state index in [2.05, 4.69) is 10.2 Å². The summed E-state index contributed by atoms with van der Waals surface area (Å²) in [6, 6.07) is 11.6. The molecule has 0 saturated carbocycles. The van der Waals surface area contributed by atoms with E-state index in [0.29, 0.717) is 11.1 Å². The van der Waals surface area contributed by atoms with Crippen molar-refractivity contribution in [2.75, 3.05) is 4.90 Å². The number of aromatic nitrogens is 3. The van der Waals surface area contributed by atoms with E-state index in [1.807, 2.05) is 6.07 Å². The lowest BCUT2D eigenvalue weighted by Crippen LogP contribution is -2.39. The van der Waals surface area contributed by atoms with E-state index in [1.165, 1.54) is 36.1 Å². The molecule has 3 N–H and O–H groups in total. The summed E-state index contributed by atoms with van der Waals surface area (Å²) in [7, 11) is 0. The normalized spacial score (nSPS) is 16.0. The Balaban J connectivity index is 1.98. The highest BCUT2D eigenvalue weighted by Gasteiger charge is 2.39. The van der Waals surface area contributed by atoms with Crippen LogP contribution in [-0.4, -0.2) is 20.7 Å². The lowest BCUT2D eigenvalue weighted by molar-refractivity contribution is -0.137. The second-order valence-electron chi connectivity index (χ2n) is 7.08. The van der Waals surface area contributed by atoms with Gasteiger partial charge in [-0.3, -0.25) is 9.69 Å². The maximum Gasteiger partial charge on any atom is 0.416 e. The molecule has 0 aliphatic carbocycles. The standard InChI is InChI=1S/C21H15F3N6O2/c1-11-16(18(26)31)17(13-7-5-12(10-25)6-8-13)30-19(27-28-20(30)32)29(11)15-4-2-3-14(9-15)21(22,23)24/h2-9,17H,1H3,(H2,26,31)(H,28,32)/t17-/m1/s1. The van der Waals surface area contributed by atoms with Gasteiger partial charge in [-0.1, -0.05) is 18.2 Å². The number of carbonyl (C=O) groups is 1. The first-order valence-electron chi connectivity index (χ1n) is 9.28. The monoisotopic (exact) mass is 440 g/mol. The van der Waals surface area contributed by atoms with Gasteiger partial charge in [0.1, 0.15) is 0 Å². The lowest BCUT2D eigenvalue weighted by atomic mass is 9.93. The minimum atomic E-state index is -4.59. The number of hydrogen-bond acceptors (Lipinski definition) is 5. The average Bonchev–Trinajstić information content (AvgIpc) is 3.13. The highest BCUT2D eigenvalue weighted by Crippen LogP contribution is 2.42. The van der Waals surface area contributed by atoms with Gasteiger partial charge in [-0.15, -0.1) is 5.10 Å².